The quantitative estimate of drug-likeness (QED) is 0.00555. The van der Waals surface area contributed by atoms with E-state index in [0.29, 0.717) is 23.5 Å². The molecule has 0 radical (unpaired) electrons. The van der Waals surface area contributed by atoms with Gasteiger partial charge in [0, 0.05) is 28.5 Å². The zero-order chi connectivity index (χ0) is 54.5. The summed E-state index contributed by atoms with van der Waals surface area (Å²) in [7, 11) is -3.34. The molecular weight excluding hydrogens is 944 g/mol. The fraction of sp³-hybridized carbons (Fsp3) is 0.700. The second-order valence-corrected chi connectivity index (χ2v) is 17.9. The summed E-state index contributed by atoms with van der Waals surface area (Å²) < 4.78 is 46.6. The molecule has 398 valence electrons. The second kappa shape index (κ2) is 71.2. The zero-order valence-electron chi connectivity index (χ0n) is 43.7. The van der Waals surface area contributed by atoms with Crippen molar-refractivity contribution in [2.45, 2.75) is 193 Å². The molecular formula is C50H95NaO14S3. The molecule has 4 N–H and O–H groups in total. The van der Waals surface area contributed by atoms with E-state index in [1.165, 1.54) is 186 Å². The van der Waals surface area contributed by atoms with Crippen LogP contribution in [0.2, 0.25) is 3.67 Å². The van der Waals surface area contributed by atoms with Gasteiger partial charge in [-0.2, -0.15) is 33.7 Å². The minimum Gasteiger partial charge on any atom is -0.481 e. The first-order valence-corrected chi connectivity index (χ1v) is 28.0. The van der Waals surface area contributed by atoms with Gasteiger partial charge in [-0.25, -0.2) is 19.2 Å². The van der Waals surface area contributed by atoms with Gasteiger partial charge in [-0.05, 0) is 39.4 Å². The van der Waals surface area contributed by atoms with Crippen LogP contribution in [0.15, 0.2) is 61.8 Å². The van der Waals surface area contributed by atoms with E-state index in [-0.39, 0.29) is 36.5 Å². The number of methoxy groups -OCH3 is 1. The summed E-state index contributed by atoms with van der Waals surface area (Å²) in [5.41, 5.74) is 1.02. The Morgan fingerprint density at radius 1 is 0.574 bits per heavy atom. The molecule has 68 heavy (non-hydrogen) atoms. The molecule has 0 heterocycles. The van der Waals surface area contributed by atoms with Crippen LogP contribution in [0.1, 0.15) is 189 Å². The van der Waals surface area contributed by atoms with Gasteiger partial charge in [-0.1, -0.05) is 117 Å². The van der Waals surface area contributed by atoms with Crippen LogP contribution in [0.25, 0.3) is 0 Å². The minimum atomic E-state index is -4.67. The average molecular weight is 1040 g/mol. The van der Waals surface area contributed by atoms with Crippen LogP contribution in [-0.4, -0.2) is 117 Å². The number of hydrogen-bond acceptors (Lipinski definition) is 12. The molecule has 14 nitrogen and oxygen atoms in total. The van der Waals surface area contributed by atoms with Crippen LogP contribution in [-0.2, 0) is 48.6 Å². The maximum Gasteiger partial charge on any atom is 0.394 e. The van der Waals surface area contributed by atoms with Crippen molar-refractivity contribution in [3.05, 3.63) is 61.8 Å². The van der Waals surface area contributed by atoms with Crippen LogP contribution >= 0.6 is 25.3 Å². The SMILES string of the molecule is C=C(C)C(=O)O.C=C(C)C(=O)OC.C=CC(=O)OCCCC.C=CCOC(=O)C(=C)C.CCCCCCCCCCCCS.CCCCCCCCCCC[CH2][Na].O=C(O)CCS.O=S(=O)(O)O. The molecule has 0 saturated heterocycles. The zero-order valence-corrected chi connectivity index (χ0v) is 48.3. The van der Waals surface area contributed by atoms with Gasteiger partial charge in [0.1, 0.15) is 6.61 Å². The number of carboxylic acids is 2. The van der Waals surface area contributed by atoms with Gasteiger partial charge < -0.3 is 24.4 Å². The molecule has 0 aromatic rings. The number of rotatable bonds is 31. The Morgan fingerprint density at radius 3 is 1.12 bits per heavy atom. The molecule has 18 heteroatoms. The molecule has 0 amide bonds. The molecule has 0 aromatic carbocycles. The summed E-state index contributed by atoms with van der Waals surface area (Å²) in [6, 6.07) is 0. The maximum atomic E-state index is 10.5. The maximum absolute atomic E-state index is 10.5. The summed E-state index contributed by atoms with van der Waals surface area (Å²) in [5, 5.41) is 15.8. The molecule has 0 spiro atoms. The van der Waals surface area contributed by atoms with E-state index in [0.717, 1.165) is 18.6 Å². The van der Waals surface area contributed by atoms with Crippen LogP contribution in [0.3, 0.4) is 0 Å². The molecule has 0 atom stereocenters. The third-order valence-corrected chi connectivity index (χ3v) is 9.28. The monoisotopic (exact) mass is 1040 g/mol. The summed E-state index contributed by atoms with van der Waals surface area (Å²) >= 11 is 9.29. The van der Waals surface area contributed by atoms with Gasteiger partial charge in [0.25, 0.3) is 0 Å². The Labute approximate surface area is 442 Å². The number of thiol groups is 2. The Morgan fingerprint density at radius 2 is 0.912 bits per heavy atom. The van der Waals surface area contributed by atoms with Gasteiger partial charge in [0.05, 0.1) is 20.1 Å². The average Bonchev–Trinajstić information content (AvgIpc) is 3.27. The van der Waals surface area contributed by atoms with E-state index < -0.39 is 22.3 Å². The van der Waals surface area contributed by atoms with E-state index in [4.69, 9.17) is 27.7 Å². The fourth-order valence-electron chi connectivity index (χ4n) is 4.24. The molecule has 0 saturated carbocycles. The van der Waals surface area contributed by atoms with E-state index in [1.54, 1.807) is 13.8 Å². The van der Waals surface area contributed by atoms with E-state index in [2.05, 4.69) is 86.2 Å². The molecule has 0 rings (SSSR count). The number of carboxylic acid groups (broad SMARTS) is 2. The summed E-state index contributed by atoms with van der Waals surface area (Å²) in [6.45, 7) is 28.6. The molecule has 0 fully saturated rings. The topological polar surface area (TPSA) is 228 Å². The number of carbonyl (C=O) groups excluding carboxylic acids is 3. The van der Waals surface area contributed by atoms with Crippen LogP contribution in [0.5, 0.6) is 0 Å². The number of carbonyl (C=O) groups is 5. The number of hydrogen-bond donors (Lipinski definition) is 6. The second-order valence-electron chi connectivity index (χ2n) is 15.2. The molecule has 0 bridgehead atoms. The molecule has 0 aliphatic rings. The first kappa shape index (κ1) is 82.5. The molecule has 0 unspecified atom stereocenters. The smallest absolute Gasteiger partial charge is 0.394 e. The van der Waals surface area contributed by atoms with Crippen molar-refractivity contribution in [3.8, 4) is 0 Å². The van der Waals surface area contributed by atoms with Crippen LogP contribution in [0, 0.1) is 0 Å². The summed E-state index contributed by atoms with van der Waals surface area (Å²) in [4.78, 5) is 50.2. The van der Waals surface area contributed by atoms with Crippen molar-refractivity contribution in [1.29, 1.82) is 0 Å². The van der Waals surface area contributed by atoms with Gasteiger partial charge >= 0.3 is 143 Å². The summed E-state index contributed by atoms with van der Waals surface area (Å²) in [5.74, 6) is -1.27. The van der Waals surface area contributed by atoms with E-state index >= 15 is 0 Å². The van der Waals surface area contributed by atoms with Gasteiger partial charge in [-0.3, -0.25) is 13.9 Å². The predicted molar refractivity (Wildman–Crippen MR) is 290 cm³/mol. The van der Waals surface area contributed by atoms with Crippen molar-refractivity contribution >= 4 is 93.4 Å². The van der Waals surface area contributed by atoms with Crippen molar-refractivity contribution in [2.24, 2.45) is 0 Å². The Balaban J connectivity index is -0.000000103. The third kappa shape index (κ3) is 120. The van der Waals surface area contributed by atoms with E-state index in [1.807, 2.05) is 6.92 Å². The first-order chi connectivity index (χ1) is 31.9. The van der Waals surface area contributed by atoms with Gasteiger partial charge in [-0.15, -0.1) is 0 Å². The number of unbranched alkanes of at least 4 members (excludes halogenated alkanes) is 19. The number of esters is 3. The molecule has 0 aliphatic heterocycles. The minimum absolute atomic E-state index is 0.156. The number of aliphatic carboxylic acids is 2. The number of ether oxygens (including phenoxy) is 3. The van der Waals surface area contributed by atoms with Crippen molar-refractivity contribution in [1.82, 2.24) is 0 Å². The standard InChI is InChI=1S/C12H26S.C12H25.C7H10O2.C7H12O2.C5H8O2.C4H6O2.C3H6O2S.Na.H2O4S/c1-2-3-4-5-6-7-8-9-10-11-12-13;1-3-5-7-9-11-12-10-8-6-4-2;1-4-5-9-7(8)6(2)3;1-3-5-6-9-7(8)4-2;1-4(2)5(6)7-3;1-3(2)4(5)6;4-3(5)1-2-6;;1-5(2,3)4/h13H,2-12H2,1H3;1,3-12H2,2H3;4H,1-2,5H2,3H3;4H,2-3,5-6H2,1H3;1H2,2-3H3;1H2,2H3,(H,5,6);6H,1-2H2,(H,4,5);;(H2,1,2,3,4). The van der Waals surface area contributed by atoms with Crippen molar-refractivity contribution in [3.63, 3.8) is 0 Å². The van der Waals surface area contributed by atoms with Crippen molar-refractivity contribution < 1.29 is 65.9 Å². The largest absolute Gasteiger partial charge is 0.481 e. The predicted octanol–water partition coefficient (Wildman–Crippen LogP) is 13.3. The Hall–Kier alpha value is -2.38. The third-order valence-electron chi connectivity index (χ3n) is 8.03. The van der Waals surface area contributed by atoms with Crippen LogP contribution < -0.4 is 0 Å². The normalized spacial score (nSPS) is 9.31. The van der Waals surface area contributed by atoms with Crippen molar-refractivity contribution in [2.75, 3.05) is 31.8 Å². The Kier molecular flexibility index (Phi) is 86.4. The molecule has 0 aliphatic carbocycles. The molecule has 0 aromatic heterocycles. The van der Waals surface area contributed by atoms with Gasteiger partial charge in [0.2, 0.25) is 0 Å². The first-order valence-electron chi connectivity index (χ1n) is 23.9. The van der Waals surface area contributed by atoms with Crippen LogP contribution in [0.4, 0.5) is 0 Å². The Bertz CT molecular complexity index is 1280. The fourth-order valence-corrected chi connectivity index (χ4v) is 5.16. The van der Waals surface area contributed by atoms with E-state index in [9.17, 15) is 24.0 Å². The van der Waals surface area contributed by atoms with Gasteiger partial charge in [0.15, 0.2) is 0 Å². The summed E-state index contributed by atoms with van der Waals surface area (Å²) in [6.07, 6.45) is 33.7.